The highest BCUT2D eigenvalue weighted by Crippen LogP contribution is 2.26. The van der Waals surface area contributed by atoms with Crippen LogP contribution in [-0.2, 0) is 29.7 Å². The third-order valence-electron chi connectivity index (χ3n) is 4.81. The zero-order valence-electron chi connectivity index (χ0n) is 13.8. The van der Waals surface area contributed by atoms with Gasteiger partial charge in [0.1, 0.15) is 6.61 Å². The molecule has 6 nitrogen and oxygen atoms in total. The maximum atomic E-state index is 12.4. The minimum Gasteiger partial charge on any atom is -0.365 e. The second-order valence-electron chi connectivity index (χ2n) is 6.64. The third kappa shape index (κ3) is 3.07. The molecular weight excluding hydrogens is 304 g/mol. The number of amides is 1. The normalized spacial score (nSPS) is 24.4. The molecule has 3 heterocycles. The summed E-state index contributed by atoms with van der Waals surface area (Å²) in [5.74, 6) is 0.0864. The molecule has 6 heteroatoms. The first kappa shape index (κ1) is 15.4. The first-order valence-electron chi connectivity index (χ1n) is 8.34. The molecule has 0 saturated carbocycles. The summed E-state index contributed by atoms with van der Waals surface area (Å²) in [4.78, 5) is 16.7. The van der Waals surface area contributed by atoms with Crippen molar-refractivity contribution in [1.82, 2.24) is 19.6 Å². The molecule has 4 rings (SSSR count). The van der Waals surface area contributed by atoms with Gasteiger partial charge >= 0.3 is 0 Å². The predicted molar refractivity (Wildman–Crippen MR) is 89.0 cm³/mol. The van der Waals surface area contributed by atoms with Crippen molar-refractivity contribution in [2.24, 2.45) is 7.05 Å². The van der Waals surface area contributed by atoms with E-state index in [-0.39, 0.29) is 24.7 Å². The molecule has 2 aliphatic rings. The van der Waals surface area contributed by atoms with Crippen LogP contribution in [0.1, 0.15) is 11.1 Å². The molecule has 1 aromatic heterocycles. The van der Waals surface area contributed by atoms with Crippen LogP contribution in [0.2, 0.25) is 0 Å². The van der Waals surface area contributed by atoms with Crippen LogP contribution >= 0.6 is 0 Å². The summed E-state index contributed by atoms with van der Waals surface area (Å²) in [6.45, 7) is 3.40. The lowest BCUT2D eigenvalue weighted by Crippen LogP contribution is -2.53. The summed E-state index contributed by atoms with van der Waals surface area (Å²) in [5.41, 5.74) is 2.36. The second kappa shape index (κ2) is 6.37. The van der Waals surface area contributed by atoms with E-state index in [0.717, 1.165) is 25.2 Å². The maximum Gasteiger partial charge on any atom is 0.249 e. The van der Waals surface area contributed by atoms with Crippen molar-refractivity contribution in [1.29, 1.82) is 0 Å². The van der Waals surface area contributed by atoms with Crippen molar-refractivity contribution in [2.75, 3.05) is 19.7 Å². The molecule has 0 N–H and O–H groups in total. The lowest BCUT2D eigenvalue weighted by Gasteiger charge is -2.36. The number of hydrogen-bond acceptors (Lipinski definition) is 4. The summed E-state index contributed by atoms with van der Waals surface area (Å²) in [7, 11) is 1.93. The Labute approximate surface area is 141 Å². The summed E-state index contributed by atoms with van der Waals surface area (Å²) >= 11 is 0. The molecule has 2 aliphatic heterocycles. The molecule has 0 radical (unpaired) electrons. The number of hydrogen-bond donors (Lipinski definition) is 0. The van der Waals surface area contributed by atoms with Crippen LogP contribution in [0.25, 0.3) is 0 Å². The Morgan fingerprint density at radius 1 is 1.17 bits per heavy atom. The van der Waals surface area contributed by atoms with E-state index in [9.17, 15) is 4.79 Å². The maximum absolute atomic E-state index is 12.4. The van der Waals surface area contributed by atoms with Gasteiger partial charge in [0.25, 0.3) is 0 Å². The van der Waals surface area contributed by atoms with Crippen LogP contribution in [-0.4, -0.2) is 57.3 Å². The fourth-order valence-corrected chi connectivity index (χ4v) is 3.67. The lowest BCUT2D eigenvalue weighted by molar-refractivity contribution is -0.153. The largest absolute Gasteiger partial charge is 0.365 e. The summed E-state index contributed by atoms with van der Waals surface area (Å²) < 4.78 is 7.62. The first-order valence-corrected chi connectivity index (χ1v) is 8.34. The Morgan fingerprint density at radius 3 is 2.75 bits per heavy atom. The number of nitrogens with zero attached hydrogens (tertiary/aromatic N) is 4. The molecule has 0 spiro atoms. The van der Waals surface area contributed by atoms with Gasteiger partial charge in [-0.25, -0.2) is 0 Å². The van der Waals surface area contributed by atoms with E-state index in [2.05, 4.69) is 22.1 Å². The van der Waals surface area contributed by atoms with Gasteiger partial charge in [-0.15, -0.1) is 0 Å². The van der Waals surface area contributed by atoms with Gasteiger partial charge < -0.3 is 9.64 Å². The Bertz CT molecular complexity index is 715. The van der Waals surface area contributed by atoms with E-state index < -0.39 is 0 Å². The van der Waals surface area contributed by atoms with Crippen LogP contribution < -0.4 is 0 Å². The standard InChI is InChI=1S/C18H22N4O2/c1-20-8-15(7-19-20)9-21-11-16-17(12-21)24-13-18(23)22(16)10-14-5-3-2-4-6-14/h2-8,16-17H,9-13H2,1H3/t16-,17-/m1/s1. The third-order valence-corrected chi connectivity index (χ3v) is 4.81. The smallest absolute Gasteiger partial charge is 0.249 e. The van der Waals surface area contributed by atoms with Crippen LogP contribution in [0, 0.1) is 0 Å². The molecule has 1 amide bonds. The molecule has 2 fully saturated rings. The van der Waals surface area contributed by atoms with Crippen molar-refractivity contribution in [3.05, 3.63) is 53.9 Å². The number of benzene rings is 1. The van der Waals surface area contributed by atoms with Crippen molar-refractivity contribution in [3.63, 3.8) is 0 Å². The highest BCUT2D eigenvalue weighted by atomic mass is 16.5. The highest BCUT2D eigenvalue weighted by Gasteiger charge is 2.42. The van der Waals surface area contributed by atoms with E-state index in [1.807, 2.05) is 47.2 Å². The van der Waals surface area contributed by atoms with Gasteiger partial charge in [-0.2, -0.15) is 5.10 Å². The quantitative estimate of drug-likeness (QED) is 0.842. The SMILES string of the molecule is Cn1cc(CN2C[C@@H]3[C@@H](C2)OCC(=O)N3Cc2ccccc2)cn1. The van der Waals surface area contributed by atoms with E-state index in [0.29, 0.717) is 6.54 Å². The highest BCUT2D eigenvalue weighted by molar-refractivity contribution is 5.78. The zero-order chi connectivity index (χ0) is 16.5. The van der Waals surface area contributed by atoms with Gasteiger partial charge in [0.2, 0.25) is 5.91 Å². The van der Waals surface area contributed by atoms with Crippen molar-refractivity contribution in [2.45, 2.75) is 25.2 Å². The topological polar surface area (TPSA) is 50.6 Å². The molecule has 0 bridgehead atoms. The van der Waals surface area contributed by atoms with Crippen molar-refractivity contribution < 1.29 is 9.53 Å². The molecule has 2 atom stereocenters. The average molecular weight is 326 g/mol. The monoisotopic (exact) mass is 326 g/mol. The van der Waals surface area contributed by atoms with Crippen LogP contribution in [0.15, 0.2) is 42.7 Å². The van der Waals surface area contributed by atoms with Crippen LogP contribution in [0.4, 0.5) is 0 Å². The van der Waals surface area contributed by atoms with Gasteiger partial charge in [0.15, 0.2) is 0 Å². The minimum atomic E-state index is 0.0864. The molecule has 0 aliphatic carbocycles. The number of fused-ring (bicyclic) bond motifs is 1. The number of aromatic nitrogens is 2. The fourth-order valence-electron chi connectivity index (χ4n) is 3.67. The number of aryl methyl sites for hydroxylation is 1. The van der Waals surface area contributed by atoms with Gasteiger partial charge in [0, 0.05) is 45.0 Å². The van der Waals surface area contributed by atoms with E-state index in [4.69, 9.17) is 4.74 Å². The van der Waals surface area contributed by atoms with Gasteiger partial charge in [-0.05, 0) is 5.56 Å². The van der Waals surface area contributed by atoms with E-state index in [1.165, 1.54) is 5.56 Å². The second-order valence-corrected chi connectivity index (χ2v) is 6.64. The lowest BCUT2D eigenvalue weighted by atomic mass is 10.1. The number of likely N-dealkylation sites (tertiary alicyclic amines) is 1. The molecule has 2 aromatic rings. The van der Waals surface area contributed by atoms with Gasteiger partial charge in [0.05, 0.1) is 18.3 Å². The molecule has 126 valence electrons. The van der Waals surface area contributed by atoms with E-state index >= 15 is 0 Å². The number of morpholine rings is 1. The molecular formula is C18H22N4O2. The Kier molecular flexibility index (Phi) is 4.08. The van der Waals surface area contributed by atoms with Crippen LogP contribution in [0.3, 0.4) is 0 Å². The number of ether oxygens (including phenoxy) is 1. The van der Waals surface area contributed by atoms with Gasteiger partial charge in [-0.1, -0.05) is 30.3 Å². The Hall–Kier alpha value is -2.18. The zero-order valence-corrected chi connectivity index (χ0v) is 13.8. The fraction of sp³-hybridized carbons (Fsp3) is 0.444. The first-order chi connectivity index (χ1) is 11.7. The van der Waals surface area contributed by atoms with Crippen molar-refractivity contribution >= 4 is 5.91 Å². The molecule has 24 heavy (non-hydrogen) atoms. The number of carbonyl (C=O) groups excluding carboxylic acids is 1. The summed E-state index contributed by atoms with van der Waals surface area (Å²) in [6, 6.07) is 10.3. The van der Waals surface area contributed by atoms with Crippen LogP contribution in [0.5, 0.6) is 0 Å². The summed E-state index contributed by atoms with van der Waals surface area (Å²) in [6.07, 6.45) is 4.04. The predicted octanol–water partition coefficient (Wildman–Crippen LogP) is 1.03. The van der Waals surface area contributed by atoms with E-state index in [1.54, 1.807) is 0 Å². The summed E-state index contributed by atoms with van der Waals surface area (Å²) in [5, 5.41) is 4.23. The number of rotatable bonds is 4. The minimum absolute atomic E-state index is 0.0864. The molecule has 0 unspecified atom stereocenters. The number of carbonyl (C=O) groups is 1. The molecule has 1 aromatic carbocycles. The average Bonchev–Trinajstić information content (AvgIpc) is 3.17. The Morgan fingerprint density at radius 2 is 2.00 bits per heavy atom. The Balaban J connectivity index is 1.46. The van der Waals surface area contributed by atoms with Gasteiger partial charge in [-0.3, -0.25) is 14.4 Å². The van der Waals surface area contributed by atoms with Crippen molar-refractivity contribution in [3.8, 4) is 0 Å². The molecule has 2 saturated heterocycles.